The van der Waals surface area contributed by atoms with E-state index in [9.17, 15) is 0 Å². The third-order valence-electron chi connectivity index (χ3n) is 1.69. The second-order valence-electron chi connectivity index (χ2n) is 2.57. The molecule has 2 N–H and O–H groups in total. The lowest BCUT2D eigenvalue weighted by Crippen LogP contribution is -1.96. The Kier molecular flexibility index (Phi) is 2.02. The summed E-state index contributed by atoms with van der Waals surface area (Å²) < 4.78 is 2.73. The maximum atomic E-state index is 5.81. The van der Waals surface area contributed by atoms with Crippen molar-refractivity contribution in [1.29, 1.82) is 0 Å². The van der Waals surface area contributed by atoms with Crippen LogP contribution in [0.2, 0.25) is 0 Å². The molecule has 0 unspecified atom stereocenters. The van der Waals surface area contributed by atoms with Gasteiger partial charge in [-0.1, -0.05) is 15.9 Å². The lowest BCUT2D eigenvalue weighted by Gasteiger charge is -2.04. The summed E-state index contributed by atoms with van der Waals surface area (Å²) in [7, 11) is 0. The van der Waals surface area contributed by atoms with Crippen LogP contribution < -0.4 is 5.73 Å². The Morgan fingerprint density at radius 2 is 1.92 bits per heavy atom. The molecule has 1 heterocycles. The average Bonchev–Trinajstić information content (AvgIpc) is 2.56. The van der Waals surface area contributed by atoms with E-state index in [1.807, 2.05) is 18.2 Å². The topological polar surface area (TPSA) is 56.7 Å². The molecule has 0 fully saturated rings. The van der Waals surface area contributed by atoms with E-state index in [0.29, 0.717) is 5.69 Å². The minimum absolute atomic E-state index is 0.689. The highest BCUT2D eigenvalue weighted by Crippen LogP contribution is 2.21. The van der Waals surface area contributed by atoms with Crippen molar-refractivity contribution in [2.75, 3.05) is 5.73 Å². The first kappa shape index (κ1) is 8.25. The maximum absolute atomic E-state index is 5.81. The van der Waals surface area contributed by atoms with Crippen molar-refractivity contribution in [2.24, 2.45) is 0 Å². The van der Waals surface area contributed by atoms with E-state index in [0.717, 1.165) is 10.2 Å². The number of rotatable bonds is 1. The van der Waals surface area contributed by atoms with Gasteiger partial charge >= 0.3 is 0 Å². The molecular formula is C8H7BrN4. The van der Waals surface area contributed by atoms with E-state index in [2.05, 4.69) is 26.1 Å². The number of benzene rings is 1. The maximum Gasteiger partial charge on any atom is 0.123 e. The highest BCUT2D eigenvalue weighted by atomic mass is 79.9. The first-order valence-corrected chi connectivity index (χ1v) is 4.47. The van der Waals surface area contributed by atoms with Crippen molar-refractivity contribution in [1.82, 2.24) is 14.8 Å². The van der Waals surface area contributed by atoms with Crippen LogP contribution in [0.4, 0.5) is 5.69 Å². The van der Waals surface area contributed by atoms with Gasteiger partial charge in [-0.25, -0.2) is 0 Å². The molecule has 0 radical (unpaired) electrons. The summed E-state index contributed by atoms with van der Waals surface area (Å²) in [5, 5.41) is 7.42. The monoisotopic (exact) mass is 238 g/mol. The minimum atomic E-state index is 0.689. The van der Waals surface area contributed by atoms with Crippen LogP contribution >= 0.6 is 15.9 Å². The Morgan fingerprint density at radius 1 is 1.23 bits per heavy atom. The number of nitrogens with two attached hydrogens (primary N) is 1. The zero-order chi connectivity index (χ0) is 9.26. The van der Waals surface area contributed by atoms with Gasteiger partial charge in [0, 0.05) is 4.47 Å². The Hall–Kier alpha value is -1.36. The van der Waals surface area contributed by atoms with E-state index >= 15 is 0 Å². The van der Waals surface area contributed by atoms with Crippen LogP contribution in [-0.2, 0) is 0 Å². The first-order valence-electron chi connectivity index (χ1n) is 3.67. The number of halogens is 1. The summed E-state index contributed by atoms with van der Waals surface area (Å²) >= 11 is 3.34. The van der Waals surface area contributed by atoms with Gasteiger partial charge in [0.2, 0.25) is 0 Å². The Balaban J connectivity index is 2.53. The molecule has 0 aliphatic carbocycles. The second-order valence-corrected chi connectivity index (χ2v) is 3.49. The molecule has 0 aliphatic rings. The number of hydrogen-bond donors (Lipinski definition) is 1. The normalized spacial score (nSPS) is 10.2. The van der Waals surface area contributed by atoms with Crippen LogP contribution in [0.3, 0.4) is 0 Å². The number of nitrogen functional groups attached to an aromatic ring is 1. The number of nitrogens with zero attached hydrogens (tertiary/aromatic N) is 3. The third-order valence-corrected chi connectivity index (χ3v) is 2.18. The standard InChI is InChI=1S/C8H7BrN4/c9-6-1-2-8(7(10)3-6)13-4-11-12-5-13/h1-5H,10H2. The van der Waals surface area contributed by atoms with Crippen molar-refractivity contribution in [3.63, 3.8) is 0 Å². The van der Waals surface area contributed by atoms with E-state index < -0.39 is 0 Å². The van der Waals surface area contributed by atoms with E-state index in [1.165, 1.54) is 0 Å². The molecular weight excluding hydrogens is 232 g/mol. The number of aromatic nitrogens is 3. The smallest absolute Gasteiger partial charge is 0.123 e. The average molecular weight is 239 g/mol. The molecule has 0 spiro atoms. The molecule has 4 nitrogen and oxygen atoms in total. The second kappa shape index (κ2) is 3.18. The lowest BCUT2D eigenvalue weighted by atomic mass is 10.3. The number of hydrogen-bond acceptors (Lipinski definition) is 3. The molecule has 2 rings (SSSR count). The van der Waals surface area contributed by atoms with E-state index in [-0.39, 0.29) is 0 Å². The van der Waals surface area contributed by atoms with Gasteiger partial charge in [0.15, 0.2) is 0 Å². The van der Waals surface area contributed by atoms with Crippen LogP contribution in [0.25, 0.3) is 5.69 Å². The third kappa shape index (κ3) is 1.55. The van der Waals surface area contributed by atoms with Gasteiger partial charge in [0.1, 0.15) is 12.7 Å². The predicted molar refractivity (Wildman–Crippen MR) is 53.5 cm³/mol. The van der Waals surface area contributed by atoms with Crippen LogP contribution in [0.15, 0.2) is 35.3 Å². The largest absolute Gasteiger partial charge is 0.397 e. The molecule has 13 heavy (non-hydrogen) atoms. The predicted octanol–water partition coefficient (Wildman–Crippen LogP) is 1.61. The van der Waals surface area contributed by atoms with Crippen LogP contribution in [0, 0.1) is 0 Å². The fourth-order valence-electron chi connectivity index (χ4n) is 1.09. The minimum Gasteiger partial charge on any atom is -0.397 e. The number of anilines is 1. The van der Waals surface area contributed by atoms with Gasteiger partial charge in [-0.3, -0.25) is 4.57 Å². The first-order chi connectivity index (χ1) is 6.27. The summed E-state index contributed by atoms with van der Waals surface area (Å²) in [4.78, 5) is 0. The van der Waals surface area contributed by atoms with Crippen LogP contribution in [0.1, 0.15) is 0 Å². The highest BCUT2D eigenvalue weighted by Gasteiger charge is 2.01. The van der Waals surface area contributed by atoms with E-state index in [4.69, 9.17) is 5.73 Å². The fraction of sp³-hybridized carbons (Fsp3) is 0. The van der Waals surface area contributed by atoms with Crippen molar-refractivity contribution in [3.05, 3.63) is 35.3 Å². The fourth-order valence-corrected chi connectivity index (χ4v) is 1.46. The van der Waals surface area contributed by atoms with Gasteiger partial charge in [-0.2, -0.15) is 0 Å². The van der Waals surface area contributed by atoms with Crippen molar-refractivity contribution in [3.8, 4) is 5.69 Å². The van der Waals surface area contributed by atoms with Crippen molar-refractivity contribution in [2.45, 2.75) is 0 Å². The summed E-state index contributed by atoms with van der Waals surface area (Å²) in [5.41, 5.74) is 7.38. The van der Waals surface area contributed by atoms with Gasteiger partial charge in [0.25, 0.3) is 0 Å². The van der Waals surface area contributed by atoms with Gasteiger partial charge in [0.05, 0.1) is 11.4 Å². The quantitative estimate of drug-likeness (QED) is 0.769. The Bertz CT molecular complexity index is 410. The summed E-state index contributed by atoms with van der Waals surface area (Å²) in [6, 6.07) is 5.67. The Morgan fingerprint density at radius 3 is 2.54 bits per heavy atom. The molecule has 0 saturated carbocycles. The molecule has 66 valence electrons. The zero-order valence-electron chi connectivity index (χ0n) is 6.68. The van der Waals surface area contributed by atoms with E-state index in [1.54, 1.807) is 17.2 Å². The summed E-state index contributed by atoms with van der Waals surface area (Å²) in [6.07, 6.45) is 3.22. The molecule has 0 saturated heterocycles. The SMILES string of the molecule is Nc1cc(Br)ccc1-n1cnnc1. The highest BCUT2D eigenvalue weighted by molar-refractivity contribution is 9.10. The van der Waals surface area contributed by atoms with Gasteiger partial charge in [-0.15, -0.1) is 10.2 Å². The lowest BCUT2D eigenvalue weighted by molar-refractivity contribution is 1.06. The van der Waals surface area contributed by atoms with Crippen LogP contribution in [-0.4, -0.2) is 14.8 Å². The zero-order valence-corrected chi connectivity index (χ0v) is 8.27. The molecule has 0 amide bonds. The van der Waals surface area contributed by atoms with Crippen molar-refractivity contribution < 1.29 is 0 Å². The molecule has 0 bridgehead atoms. The van der Waals surface area contributed by atoms with Gasteiger partial charge < -0.3 is 5.73 Å². The molecule has 1 aromatic heterocycles. The summed E-state index contributed by atoms with van der Waals surface area (Å²) in [5.74, 6) is 0. The molecule has 0 aliphatic heterocycles. The van der Waals surface area contributed by atoms with Crippen molar-refractivity contribution >= 4 is 21.6 Å². The van der Waals surface area contributed by atoms with Crippen LogP contribution in [0.5, 0.6) is 0 Å². The molecule has 5 heteroatoms. The Labute approximate surface area is 83.5 Å². The van der Waals surface area contributed by atoms with Gasteiger partial charge in [-0.05, 0) is 18.2 Å². The molecule has 1 aromatic carbocycles. The molecule has 2 aromatic rings. The molecule has 0 atom stereocenters. The summed E-state index contributed by atoms with van der Waals surface area (Å²) in [6.45, 7) is 0.